The minimum Gasteiger partial charge on any atom is -0.267 e. The second-order valence-corrected chi connectivity index (χ2v) is 6.52. The van der Waals surface area contributed by atoms with Crippen molar-refractivity contribution in [3.05, 3.63) is 81.8 Å². The predicted octanol–water partition coefficient (Wildman–Crippen LogP) is 5.06. The Balaban J connectivity index is 1.79. The number of amides is 1. The molecule has 3 nitrogen and oxygen atoms in total. The maximum atomic E-state index is 12.2. The van der Waals surface area contributed by atoms with Crippen molar-refractivity contribution in [1.82, 2.24) is 5.43 Å². The molecule has 0 saturated carbocycles. The van der Waals surface area contributed by atoms with E-state index in [0.29, 0.717) is 5.56 Å². The molecule has 0 saturated heterocycles. The summed E-state index contributed by atoms with van der Waals surface area (Å²) in [6.45, 7) is 3.86. The second-order valence-electron chi connectivity index (χ2n) is 5.66. The fourth-order valence-corrected chi connectivity index (χ4v) is 2.79. The average Bonchev–Trinajstić information content (AvgIpc) is 2.61. The number of hydrogen-bond acceptors (Lipinski definition) is 2. The number of carbonyl (C=O) groups excluding carboxylic acids is 1. The number of hydrazone groups is 1. The molecule has 0 aliphatic carbocycles. The first-order valence-electron chi connectivity index (χ1n) is 7.64. The Bertz CT molecular complexity index is 947. The summed E-state index contributed by atoms with van der Waals surface area (Å²) in [6.07, 6.45) is 0. The van der Waals surface area contributed by atoms with Crippen LogP contribution in [0.25, 0.3) is 10.8 Å². The number of aryl methyl sites for hydroxylation is 1. The van der Waals surface area contributed by atoms with Crippen molar-refractivity contribution in [2.45, 2.75) is 13.8 Å². The van der Waals surface area contributed by atoms with Crippen molar-refractivity contribution >= 4 is 38.3 Å². The number of benzene rings is 3. The van der Waals surface area contributed by atoms with Gasteiger partial charge in [0.25, 0.3) is 5.91 Å². The topological polar surface area (TPSA) is 41.5 Å². The molecule has 0 unspecified atom stereocenters. The van der Waals surface area contributed by atoms with Gasteiger partial charge in [0, 0.05) is 10.0 Å². The molecule has 0 heterocycles. The van der Waals surface area contributed by atoms with Crippen LogP contribution in [0.5, 0.6) is 0 Å². The van der Waals surface area contributed by atoms with E-state index >= 15 is 0 Å². The highest BCUT2D eigenvalue weighted by Gasteiger charge is 2.07. The molecule has 0 spiro atoms. The maximum Gasteiger partial charge on any atom is 0.271 e. The van der Waals surface area contributed by atoms with Crippen LogP contribution in [0.2, 0.25) is 0 Å². The van der Waals surface area contributed by atoms with E-state index < -0.39 is 0 Å². The van der Waals surface area contributed by atoms with E-state index in [1.165, 1.54) is 5.39 Å². The first-order chi connectivity index (χ1) is 11.5. The fraction of sp³-hybridized carbons (Fsp3) is 0.100. The van der Waals surface area contributed by atoms with Crippen LogP contribution in [-0.2, 0) is 0 Å². The van der Waals surface area contributed by atoms with E-state index in [2.05, 4.69) is 50.7 Å². The van der Waals surface area contributed by atoms with Crippen molar-refractivity contribution in [3.63, 3.8) is 0 Å². The van der Waals surface area contributed by atoms with Crippen LogP contribution in [0.1, 0.15) is 28.4 Å². The van der Waals surface area contributed by atoms with E-state index in [0.717, 1.165) is 26.7 Å². The molecule has 0 bridgehead atoms. The van der Waals surface area contributed by atoms with E-state index in [-0.39, 0.29) is 5.91 Å². The van der Waals surface area contributed by atoms with Crippen LogP contribution in [0.4, 0.5) is 0 Å². The normalized spacial score (nSPS) is 11.5. The van der Waals surface area contributed by atoms with Gasteiger partial charge in [-0.25, -0.2) is 5.43 Å². The summed E-state index contributed by atoms with van der Waals surface area (Å²) < 4.78 is 0.908. The van der Waals surface area contributed by atoms with Crippen molar-refractivity contribution in [2.75, 3.05) is 0 Å². The number of carbonyl (C=O) groups is 1. The molecule has 3 aromatic carbocycles. The van der Waals surface area contributed by atoms with Gasteiger partial charge in [-0.3, -0.25) is 4.79 Å². The number of fused-ring (bicyclic) bond motifs is 1. The predicted molar refractivity (Wildman–Crippen MR) is 103 cm³/mol. The van der Waals surface area contributed by atoms with Gasteiger partial charge >= 0.3 is 0 Å². The number of rotatable bonds is 3. The van der Waals surface area contributed by atoms with Crippen molar-refractivity contribution in [3.8, 4) is 0 Å². The Labute approximate surface area is 149 Å². The molecule has 3 aromatic rings. The lowest BCUT2D eigenvalue weighted by Gasteiger charge is -2.06. The van der Waals surface area contributed by atoms with E-state index in [9.17, 15) is 4.79 Å². The zero-order valence-electron chi connectivity index (χ0n) is 13.5. The van der Waals surface area contributed by atoms with Gasteiger partial charge in [0.15, 0.2) is 0 Å². The van der Waals surface area contributed by atoms with Gasteiger partial charge in [0.05, 0.1) is 5.71 Å². The first-order valence-corrected chi connectivity index (χ1v) is 8.44. The minimum atomic E-state index is -0.226. The minimum absolute atomic E-state index is 0.226. The molecule has 0 atom stereocenters. The van der Waals surface area contributed by atoms with Gasteiger partial charge < -0.3 is 0 Å². The third-order valence-electron chi connectivity index (χ3n) is 3.93. The van der Waals surface area contributed by atoms with Gasteiger partial charge in [0.1, 0.15) is 0 Å². The monoisotopic (exact) mass is 380 g/mol. The summed E-state index contributed by atoms with van der Waals surface area (Å²) in [5.74, 6) is -0.226. The van der Waals surface area contributed by atoms with E-state index in [4.69, 9.17) is 0 Å². The zero-order chi connectivity index (χ0) is 17.1. The molecule has 0 fully saturated rings. The lowest BCUT2D eigenvalue weighted by atomic mass is 10.0. The molecule has 1 amide bonds. The highest BCUT2D eigenvalue weighted by Crippen LogP contribution is 2.18. The van der Waals surface area contributed by atoms with Gasteiger partial charge in [-0.1, -0.05) is 58.4 Å². The van der Waals surface area contributed by atoms with Crippen LogP contribution in [-0.4, -0.2) is 11.6 Å². The smallest absolute Gasteiger partial charge is 0.267 e. The van der Waals surface area contributed by atoms with E-state index in [1.807, 2.05) is 38.1 Å². The average molecular weight is 381 g/mol. The lowest BCUT2D eigenvalue weighted by Crippen LogP contribution is -2.19. The molecule has 0 aliphatic heterocycles. The highest BCUT2D eigenvalue weighted by molar-refractivity contribution is 9.10. The van der Waals surface area contributed by atoms with Gasteiger partial charge in [-0.05, 0) is 53.9 Å². The summed E-state index contributed by atoms with van der Waals surface area (Å²) in [7, 11) is 0. The van der Waals surface area contributed by atoms with Crippen LogP contribution in [0.15, 0.2) is 70.2 Å². The number of nitrogens with one attached hydrogen (secondary N) is 1. The molecule has 24 heavy (non-hydrogen) atoms. The number of halogens is 1. The largest absolute Gasteiger partial charge is 0.271 e. The quantitative estimate of drug-likeness (QED) is 0.500. The summed E-state index contributed by atoms with van der Waals surface area (Å²) in [6, 6.07) is 19.8. The Morgan fingerprint density at radius 1 is 0.958 bits per heavy atom. The number of nitrogens with zero attached hydrogens (tertiary/aromatic N) is 1. The summed E-state index contributed by atoms with van der Waals surface area (Å²) in [5.41, 5.74) is 6.03. The lowest BCUT2D eigenvalue weighted by molar-refractivity contribution is 0.0955. The Kier molecular flexibility index (Phi) is 4.76. The first kappa shape index (κ1) is 16.4. The second kappa shape index (κ2) is 6.97. The Morgan fingerprint density at radius 3 is 2.42 bits per heavy atom. The van der Waals surface area contributed by atoms with Crippen molar-refractivity contribution in [2.24, 2.45) is 5.10 Å². The van der Waals surface area contributed by atoms with Crippen molar-refractivity contribution < 1.29 is 4.79 Å². The Morgan fingerprint density at radius 2 is 1.67 bits per heavy atom. The Hall–Kier alpha value is -2.46. The molecular weight excluding hydrogens is 364 g/mol. The fourth-order valence-electron chi connectivity index (χ4n) is 2.41. The van der Waals surface area contributed by atoms with Gasteiger partial charge in [-0.2, -0.15) is 5.10 Å². The van der Waals surface area contributed by atoms with Crippen LogP contribution in [0, 0.1) is 6.92 Å². The van der Waals surface area contributed by atoms with Crippen LogP contribution in [0.3, 0.4) is 0 Å². The van der Waals surface area contributed by atoms with Crippen molar-refractivity contribution in [1.29, 1.82) is 0 Å². The molecule has 1 N–H and O–H groups in total. The zero-order valence-corrected chi connectivity index (χ0v) is 15.1. The molecule has 3 rings (SSSR count). The summed E-state index contributed by atoms with van der Waals surface area (Å²) >= 11 is 3.44. The highest BCUT2D eigenvalue weighted by atomic mass is 79.9. The third-order valence-corrected chi connectivity index (χ3v) is 4.78. The third kappa shape index (κ3) is 3.54. The summed E-state index contributed by atoms with van der Waals surface area (Å²) in [4.78, 5) is 12.2. The van der Waals surface area contributed by atoms with E-state index in [1.54, 1.807) is 12.1 Å². The maximum absolute atomic E-state index is 12.2. The SMILES string of the molecule is CC(=NNC(=O)c1ccc(C)c(Br)c1)c1ccc2ccccc2c1. The molecule has 0 aromatic heterocycles. The molecular formula is C20H17BrN2O. The molecule has 0 aliphatic rings. The van der Waals surface area contributed by atoms with Gasteiger partial charge in [0.2, 0.25) is 0 Å². The molecule has 0 radical (unpaired) electrons. The molecule has 4 heteroatoms. The standard InChI is InChI=1S/C20H17BrN2O/c1-13-7-8-18(12-19(13)21)20(24)23-22-14(2)16-10-9-15-5-3-4-6-17(15)11-16/h3-12H,1-2H3,(H,23,24). The summed E-state index contributed by atoms with van der Waals surface area (Å²) in [5, 5.41) is 6.57. The van der Waals surface area contributed by atoms with Crippen LogP contribution < -0.4 is 5.43 Å². The molecule has 120 valence electrons. The van der Waals surface area contributed by atoms with Gasteiger partial charge in [-0.15, -0.1) is 0 Å². The number of hydrogen-bond donors (Lipinski definition) is 1. The van der Waals surface area contributed by atoms with Crippen LogP contribution >= 0.6 is 15.9 Å².